The molecule has 1 fully saturated rings. The third-order valence-corrected chi connectivity index (χ3v) is 5.51. The van der Waals surface area contributed by atoms with E-state index < -0.39 is 41.5 Å². The number of carbonyl (C=O) groups is 4. The highest BCUT2D eigenvalue weighted by atomic mass is 16.5. The van der Waals surface area contributed by atoms with E-state index in [1.807, 2.05) is 56.0 Å². The van der Waals surface area contributed by atoms with E-state index in [4.69, 9.17) is 4.74 Å². The van der Waals surface area contributed by atoms with E-state index in [-0.39, 0.29) is 25.2 Å². The second kappa shape index (κ2) is 10.7. The summed E-state index contributed by atoms with van der Waals surface area (Å²) >= 11 is 0. The molecule has 0 aliphatic carbocycles. The van der Waals surface area contributed by atoms with Crippen molar-refractivity contribution < 1.29 is 28.7 Å². The summed E-state index contributed by atoms with van der Waals surface area (Å²) in [5, 5.41) is 7.81. The highest BCUT2D eigenvalue weighted by Gasteiger charge is 2.54. The van der Waals surface area contributed by atoms with Crippen LogP contribution in [-0.4, -0.2) is 72.1 Å². The maximum Gasteiger partial charge on any atom is 0.408 e. The number of rotatable bonds is 8. The van der Waals surface area contributed by atoms with Crippen molar-refractivity contribution in [3.05, 3.63) is 35.9 Å². The highest BCUT2D eigenvalue weighted by molar-refractivity contribution is 5.96. The van der Waals surface area contributed by atoms with Gasteiger partial charge in [0.05, 0.1) is 7.11 Å². The van der Waals surface area contributed by atoms with Crippen LogP contribution in [0.3, 0.4) is 0 Å². The lowest BCUT2D eigenvalue weighted by Gasteiger charge is -2.54. The number of hydrogen-bond donors (Lipinski definition) is 3. The maximum absolute atomic E-state index is 13.1. The van der Waals surface area contributed by atoms with E-state index in [2.05, 4.69) is 20.7 Å². The number of alkyl carbamates (subject to hydrolysis) is 1. The number of hydrogen-bond acceptors (Lipinski definition) is 7. The van der Waals surface area contributed by atoms with Gasteiger partial charge < -0.3 is 25.4 Å². The minimum atomic E-state index is -1.25. The number of benzene rings is 1. The molecule has 10 nitrogen and oxygen atoms in total. The van der Waals surface area contributed by atoms with Gasteiger partial charge in [-0.1, -0.05) is 30.3 Å². The minimum absolute atomic E-state index is 0.0670. The molecule has 3 N–H and O–H groups in total. The predicted octanol–water partition coefficient (Wildman–Crippen LogP) is 0.948. The number of ether oxygens (including phenoxy) is 2. The molecular formula is C23H34N4O6. The Morgan fingerprint density at radius 1 is 1.03 bits per heavy atom. The molecule has 1 aromatic carbocycles. The Bertz CT molecular complexity index is 861. The molecule has 2 rings (SSSR count). The summed E-state index contributed by atoms with van der Waals surface area (Å²) in [6.07, 6.45) is -0.723. The average Bonchev–Trinajstić information content (AvgIpc) is 2.73. The van der Waals surface area contributed by atoms with Crippen LogP contribution < -0.4 is 16.0 Å². The van der Waals surface area contributed by atoms with Crippen molar-refractivity contribution >= 4 is 23.9 Å². The second-order valence-electron chi connectivity index (χ2n) is 9.24. The molecule has 182 valence electrons. The Labute approximate surface area is 194 Å². The van der Waals surface area contributed by atoms with Gasteiger partial charge in [-0.05, 0) is 40.2 Å². The first-order valence-electron chi connectivity index (χ1n) is 10.8. The molecule has 0 unspecified atom stereocenters. The Kier molecular flexibility index (Phi) is 8.43. The van der Waals surface area contributed by atoms with E-state index in [0.29, 0.717) is 0 Å². The Hall–Kier alpha value is -3.14. The van der Waals surface area contributed by atoms with E-state index in [9.17, 15) is 19.2 Å². The number of nitrogens with zero attached hydrogens (tertiary/aromatic N) is 1. The molecule has 1 aliphatic heterocycles. The molecule has 1 saturated heterocycles. The maximum atomic E-state index is 13.1. The summed E-state index contributed by atoms with van der Waals surface area (Å²) in [4.78, 5) is 51.6. The Morgan fingerprint density at radius 3 is 2.18 bits per heavy atom. The van der Waals surface area contributed by atoms with E-state index in [1.54, 1.807) is 0 Å². The van der Waals surface area contributed by atoms with Crippen LogP contribution in [0.1, 0.15) is 40.2 Å². The van der Waals surface area contributed by atoms with Crippen molar-refractivity contribution in [2.75, 3.05) is 20.2 Å². The lowest BCUT2D eigenvalue weighted by atomic mass is 9.84. The monoisotopic (exact) mass is 462 g/mol. The lowest BCUT2D eigenvalue weighted by molar-refractivity contribution is -0.145. The summed E-state index contributed by atoms with van der Waals surface area (Å²) < 4.78 is 9.88. The van der Waals surface area contributed by atoms with Crippen LogP contribution in [0.15, 0.2) is 30.3 Å². The molecule has 2 atom stereocenters. The van der Waals surface area contributed by atoms with Gasteiger partial charge in [-0.25, -0.2) is 9.59 Å². The first kappa shape index (κ1) is 26.1. The van der Waals surface area contributed by atoms with Crippen molar-refractivity contribution in [1.82, 2.24) is 20.9 Å². The Balaban J connectivity index is 2.03. The SMILES string of the molecule is COC(=O)[C@H](C)NC(=O)[C@H](C)NC(=O)C1(NC(=O)OCc2ccccc2)CN(C(C)(C)C)C1. The van der Waals surface area contributed by atoms with Crippen molar-refractivity contribution in [1.29, 1.82) is 0 Å². The van der Waals surface area contributed by atoms with Gasteiger partial charge in [-0.3, -0.25) is 14.5 Å². The molecule has 0 aromatic heterocycles. The van der Waals surface area contributed by atoms with E-state index >= 15 is 0 Å². The van der Waals surface area contributed by atoms with Gasteiger partial charge in [-0.15, -0.1) is 0 Å². The molecule has 0 saturated carbocycles. The largest absolute Gasteiger partial charge is 0.467 e. The summed E-state index contributed by atoms with van der Waals surface area (Å²) in [6.45, 7) is 9.59. The fourth-order valence-corrected chi connectivity index (χ4v) is 3.29. The molecule has 0 spiro atoms. The van der Waals surface area contributed by atoms with Crippen LogP contribution in [0.4, 0.5) is 4.79 Å². The molecule has 10 heteroatoms. The normalized spacial score (nSPS) is 17.0. The standard InChI is InChI=1S/C23H34N4O6/c1-15(18(28)24-16(2)19(29)32-6)25-20(30)23(13-27(14-23)22(3,4)5)26-21(31)33-12-17-10-8-7-9-11-17/h7-11,15-16H,12-14H2,1-6H3,(H,24,28)(H,25,30)(H,26,31)/t15-,16-/m0/s1. The van der Waals surface area contributed by atoms with Gasteiger partial charge in [-0.2, -0.15) is 0 Å². The topological polar surface area (TPSA) is 126 Å². The fraction of sp³-hybridized carbons (Fsp3) is 0.565. The fourth-order valence-electron chi connectivity index (χ4n) is 3.29. The number of likely N-dealkylation sites (tertiary alicyclic amines) is 1. The first-order valence-corrected chi connectivity index (χ1v) is 10.8. The zero-order valence-corrected chi connectivity index (χ0v) is 20.1. The van der Waals surface area contributed by atoms with E-state index in [1.165, 1.54) is 21.0 Å². The van der Waals surface area contributed by atoms with Crippen LogP contribution in [0, 0.1) is 0 Å². The molecule has 0 bridgehead atoms. The number of esters is 1. The zero-order valence-electron chi connectivity index (χ0n) is 20.1. The van der Waals surface area contributed by atoms with Crippen LogP contribution in [0.5, 0.6) is 0 Å². The minimum Gasteiger partial charge on any atom is -0.467 e. The number of carbonyl (C=O) groups excluding carboxylic acids is 4. The van der Waals surface area contributed by atoms with Crippen LogP contribution in [0.2, 0.25) is 0 Å². The quantitative estimate of drug-likeness (QED) is 0.491. The lowest BCUT2D eigenvalue weighted by Crippen LogP contribution is -2.79. The summed E-state index contributed by atoms with van der Waals surface area (Å²) in [6, 6.07) is 7.40. The number of amides is 3. The molecule has 33 heavy (non-hydrogen) atoms. The summed E-state index contributed by atoms with van der Waals surface area (Å²) in [5.41, 5.74) is -0.636. The predicted molar refractivity (Wildman–Crippen MR) is 121 cm³/mol. The van der Waals surface area contributed by atoms with E-state index in [0.717, 1.165) is 5.56 Å². The van der Waals surface area contributed by atoms with Gasteiger partial charge in [0.1, 0.15) is 24.2 Å². The Morgan fingerprint density at radius 2 is 1.64 bits per heavy atom. The van der Waals surface area contributed by atoms with Gasteiger partial charge in [0.2, 0.25) is 11.8 Å². The van der Waals surface area contributed by atoms with Crippen molar-refractivity contribution in [2.45, 2.75) is 64.4 Å². The van der Waals surface area contributed by atoms with Gasteiger partial charge in [0.15, 0.2) is 0 Å². The molecular weight excluding hydrogens is 428 g/mol. The van der Waals surface area contributed by atoms with Crippen LogP contribution in [-0.2, 0) is 30.5 Å². The third kappa shape index (κ3) is 6.92. The highest BCUT2D eigenvalue weighted by Crippen LogP contribution is 2.29. The zero-order chi connectivity index (χ0) is 24.8. The van der Waals surface area contributed by atoms with Gasteiger partial charge in [0.25, 0.3) is 0 Å². The number of nitrogens with one attached hydrogen (secondary N) is 3. The smallest absolute Gasteiger partial charge is 0.408 e. The number of methoxy groups -OCH3 is 1. The average molecular weight is 463 g/mol. The van der Waals surface area contributed by atoms with Gasteiger partial charge >= 0.3 is 12.1 Å². The third-order valence-electron chi connectivity index (χ3n) is 5.51. The molecule has 1 aliphatic rings. The summed E-state index contributed by atoms with van der Waals surface area (Å²) in [7, 11) is 1.22. The van der Waals surface area contributed by atoms with Crippen molar-refractivity contribution in [3.63, 3.8) is 0 Å². The summed E-state index contributed by atoms with van der Waals surface area (Å²) in [5.74, 6) is -1.65. The first-order chi connectivity index (χ1) is 15.4. The molecule has 1 aromatic rings. The second-order valence-corrected chi connectivity index (χ2v) is 9.24. The van der Waals surface area contributed by atoms with Crippen molar-refractivity contribution in [3.8, 4) is 0 Å². The van der Waals surface area contributed by atoms with Gasteiger partial charge in [0, 0.05) is 18.6 Å². The molecule has 3 amide bonds. The molecule has 1 heterocycles. The van der Waals surface area contributed by atoms with Crippen molar-refractivity contribution in [2.24, 2.45) is 0 Å². The van der Waals surface area contributed by atoms with Crippen LogP contribution in [0.25, 0.3) is 0 Å². The molecule has 0 radical (unpaired) electrons. The van der Waals surface area contributed by atoms with Crippen LogP contribution >= 0.6 is 0 Å².